The second-order valence-electron chi connectivity index (χ2n) is 4.65. The van der Waals surface area contributed by atoms with Gasteiger partial charge >= 0.3 is 0 Å². The van der Waals surface area contributed by atoms with Crippen molar-refractivity contribution in [1.29, 1.82) is 0 Å². The van der Waals surface area contributed by atoms with Crippen molar-refractivity contribution >= 4 is 27.5 Å². The van der Waals surface area contributed by atoms with Gasteiger partial charge in [0.1, 0.15) is 0 Å². The van der Waals surface area contributed by atoms with Crippen molar-refractivity contribution in [2.45, 2.75) is 32.4 Å². The van der Waals surface area contributed by atoms with Crippen molar-refractivity contribution in [3.63, 3.8) is 0 Å². The summed E-state index contributed by atoms with van der Waals surface area (Å²) in [6.45, 7) is 2.94. The fourth-order valence-electron chi connectivity index (χ4n) is 2.20. The lowest BCUT2D eigenvalue weighted by atomic mass is 10.0. The molecular weight excluding hydrogens is 340 g/mol. The van der Waals surface area contributed by atoms with Crippen LogP contribution in [-0.2, 0) is 13.0 Å². The van der Waals surface area contributed by atoms with Crippen LogP contribution in [0.2, 0.25) is 5.02 Å². The molecule has 3 N–H and O–H groups in total. The number of hydrazine groups is 1. The lowest BCUT2D eigenvalue weighted by Gasteiger charge is -2.18. The fraction of sp³-hybridized carbons (Fsp3) is 0.357. The zero-order valence-electron chi connectivity index (χ0n) is 11.3. The summed E-state index contributed by atoms with van der Waals surface area (Å²) in [5.41, 5.74) is 4.98. The molecular formula is C14H18BrClN4. The predicted octanol–water partition coefficient (Wildman–Crippen LogP) is 3.46. The van der Waals surface area contributed by atoms with E-state index < -0.39 is 0 Å². The van der Waals surface area contributed by atoms with Crippen LogP contribution in [0.4, 0.5) is 0 Å². The molecule has 1 atom stereocenters. The van der Waals surface area contributed by atoms with Gasteiger partial charge in [0.05, 0.1) is 23.0 Å². The molecule has 20 heavy (non-hydrogen) atoms. The van der Waals surface area contributed by atoms with Gasteiger partial charge in [-0.1, -0.05) is 46.6 Å². The molecule has 0 amide bonds. The average Bonchev–Trinajstić information content (AvgIpc) is 2.80. The van der Waals surface area contributed by atoms with Crippen molar-refractivity contribution < 1.29 is 0 Å². The highest BCUT2D eigenvalue weighted by atomic mass is 79.9. The van der Waals surface area contributed by atoms with Crippen LogP contribution in [0.3, 0.4) is 0 Å². The summed E-state index contributed by atoms with van der Waals surface area (Å²) in [6, 6.07) is 8.13. The van der Waals surface area contributed by atoms with Crippen LogP contribution >= 0.6 is 27.5 Å². The Bertz CT molecular complexity index is 553. The number of benzene rings is 1. The summed E-state index contributed by atoms with van der Waals surface area (Å²) in [5, 5.41) is 4.96. The third kappa shape index (κ3) is 3.61. The van der Waals surface area contributed by atoms with E-state index in [2.05, 4.69) is 45.5 Å². The Morgan fingerprint density at radius 1 is 1.40 bits per heavy atom. The van der Waals surface area contributed by atoms with Crippen molar-refractivity contribution in [2.24, 2.45) is 5.84 Å². The fourth-order valence-corrected chi connectivity index (χ4v) is 2.74. The molecule has 2 aromatic rings. The molecule has 108 valence electrons. The first-order valence-electron chi connectivity index (χ1n) is 6.57. The molecule has 1 heterocycles. The van der Waals surface area contributed by atoms with E-state index >= 15 is 0 Å². The van der Waals surface area contributed by atoms with Gasteiger partial charge in [-0.05, 0) is 30.5 Å². The molecule has 1 unspecified atom stereocenters. The Hall–Kier alpha value is -0.880. The van der Waals surface area contributed by atoms with E-state index in [0.29, 0.717) is 5.02 Å². The molecule has 2 rings (SSSR count). The third-order valence-corrected chi connectivity index (χ3v) is 3.97. The minimum Gasteiger partial charge on any atom is -0.271 e. The van der Waals surface area contributed by atoms with Gasteiger partial charge in [-0.15, -0.1) is 0 Å². The topological polar surface area (TPSA) is 55.9 Å². The van der Waals surface area contributed by atoms with Crippen molar-refractivity contribution in [2.75, 3.05) is 0 Å². The van der Waals surface area contributed by atoms with Gasteiger partial charge in [0.2, 0.25) is 0 Å². The number of rotatable bonds is 6. The molecule has 0 aliphatic heterocycles. The molecule has 1 aromatic carbocycles. The molecule has 0 aliphatic carbocycles. The van der Waals surface area contributed by atoms with Crippen molar-refractivity contribution in [1.82, 2.24) is 15.2 Å². The number of nitrogens with two attached hydrogens (primary N) is 1. The highest BCUT2D eigenvalue weighted by Gasteiger charge is 2.19. The number of halogens is 2. The number of hydrogen-bond donors (Lipinski definition) is 2. The molecule has 0 spiro atoms. The largest absolute Gasteiger partial charge is 0.271 e. The minimum absolute atomic E-state index is 0.0577. The highest BCUT2D eigenvalue weighted by molar-refractivity contribution is 9.10. The molecule has 0 aliphatic rings. The standard InChI is InChI=1S/C14H18BrClN4/c1-2-7-20-14(12(16)9-18-20)13(19-17)8-10-3-5-11(15)6-4-10/h3-6,9,13,19H,2,7-8,17H2,1H3. The summed E-state index contributed by atoms with van der Waals surface area (Å²) in [7, 11) is 0. The highest BCUT2D eigenvalue weighted by Crippen LogP contribution is 2.26. The lowest BCUT2D eigenvalue weighted by Crippen LogP contribution is -2.31. The third-order valence-electron chi connectivity index (χ3n) is 3.15. The summed E-state index contributed by atoms with van der Waals surface area (Å²) in [6.07, 6.45) is 3.44. The molecule has 0 fully saturated rings. The molecule has 4 nitrogen and oxygen atoms in total. The van der Waals surface area contributed by atoms with Crippen LogP contribution in [0.15, 0.2) is 34.9 Å². The van der Waals surface area contributed by atoms with Gasteiger partial charge in [0, 0.05) is 11.0 Å². The van der Waals surface area contributed by atoms with Crippen molar-refractivity contribution in [3.8, 4) is 0 Å². The number of nitrogens with zero attached hydrogens (tertiary/aromatic N) is 2. The molecule has 6 heteroatoms. The van der Waals surface area contributed by atoms with Gasteiger partial charge in [-0.25, -0.2) is 0 Å². The van der Waals surface area contributed by atoms with Gasteiger partial charge in [0.25, 0.3) is 0 Å². The van der Waals surface area contributed by atoms with E-state index in [1.807, 2.05) is 16.8 Å². The first kappa shape index (κ1) is 15.5. The number of aromatic nitrogens is 2. The van der Waals surface area contributed by atoms with Crippen LogP contribution in [0, 0.1) is 0 Å². The zero-order chi connectivity index (χ0) is 14.5. The number of nitrogens with one attached hydrogen (secondary N) is 1. The van der Waals surface area contributed by atoms with E-state index in [-0.39, 0.29) is 6.04 Å². The average molecular weight is 358 g/mol. The van der Waals surface area contributed by atoms with E-state index in [1.54, 1.807) is 6.20 Å². The smallest absolute Gasteiger partial charge is 0.0834 e. The van der Waals surface area contributed by atoms with E-state index in [1.165, 1.54) is 5.56 Å². The second kappa shape index (κ2) is 7.22. The summed E-state index contributed by atoms with van der Waals surface area (Å²) in [4.78, 5) is 0. The normalized spacial score (nSPS) is 12.6. The van der Waals surface area contributed by atoms with Gasteiger partial charge in [-0.2, -0.15) is 5.10 Å². The Morgan fingerprint density at radius 2 is 2.10 bits per heavy atom. The summed E-state index contributed by atoms with van der Waals surface area (Å²) in [5.74, 6) is 5.72. The van der Waals surface area contributed by atoms with Gasteiger partial charge in [0.15, 0.2) is 0 Å². The summed E-state index contributed by atoms with van der Waals surface area (Å²) < 4.78 is 2.98. The lowest BCUT2D eigenvalue weighted by molar-refractivity contribution is 0.478. The van der Waals surface area contributed by atoms with E-state index in [0.717, 1.165) is 29.6 Å². The van der Waals surface area contributed by atoms with Crippen LogP contribution in [0.5, 0.6) is 0 Å². The van der Waals surface area contributed by atoms with E-state index in [9.17, 15) is 0 Å². The Kier molecular flexibility index (Phi) is 5.60. The second-order valence-corrected chi connectivity index (χ2v) is 5.97. The zero-order valence-corrected chi connectivity index (χ0v) is 13.7. The first-order valence-corrected chi connectivity index (χ1v) is 7.74. The summed E-state index contributed by atoms with van der Waals surface area (Å²) >= 11 is 9.69. The maximum Gasteiger partial charge on any atom is 0.0834 e. The Morgan fingerprint density at radius 3 is 2.70 bits per heavy atom. The molecule has 0 bridgehead atoms. The maximum absolute atomic E-state index is 6.26. The van der Waals surface area contributed by atoms with Crippen LogP contribution in [0.25, 0.3) is 0 Å². The Labute approximate surface area is 132 Å². The SMILES string of the molecule is CCCn1ncc(Cl)c1C(Cc1ccc(Br)cc1)NN. The first-order chi connectivity index (χ1) is 9.65. The maximum atomic E-state index is 6.26. The van der Waals surface area contributed by atoms with Crippen LogP contribution in [-0.4, -0.2) is 9.78 Å². The molecule has 1 aromatic heterocycles. The predicted molar refractivity (Wildman–Crippen MR) is 85.4 cm³/mol. The van der Waals surface area contributed by atoms with Gasteiger partial charge in [-0.3, -0.25) is 16.0 Å². The number of hydrogen-bond acceptors (Lipinski definition) is 3. The minimum atomic E-state index is -0.0577. The molecule has 0 radical (unpaired) electrons. The molecule has 0 saturated carbocycles. The van der Waals surface area contributed by atoms with Gasteiger partial charge < -0.3 is 0 Å². The van der Waals surface area contributed by atoms with Crippen molar-refractivity contribution in [3.05, 3.63) is 51.2 Å². The quantitative estimate of drug-likeness (QED) is 0.615. The Balaban J connectivity index is 2.23. The van der Waals surface area contributed by atoms with Crippen LogP contribution in [0.1, 0.15) is 30.6 Å². The molecule has 0 saturated heterocycles. The number of aryl methyl sites for hydroxylation is 1. The van der Waals surface area contributed by atoms with E-state index in [4.69, 9.17) is 17.4 Å². The monoisotopic (exact) mass is 356 g/mol. The van der Waals surface area contributed by atoms with Crippen LogP contribution < -0.4 is 11.3 Å².